The molecule has 3 fully saturated rings. The van der Waals surface area contributed by atoms with Crippen LogP contribution in [0.25, 0.3) is 0 Å². The molecule has 0 amide bonds. The van der Waals surface area contributed by atoms with E-state index in [1.165, 1.54) is 38.8 Å². The van der Waals surface area contributed by atoms with Crippen molar-refractivity contribution in [3.63, 3.8) is 0 Å². The molecule has 1 N–H and O–H groups in total. The number of hydrogen-bond donors (Lipinski definition) is 1. The Morgan fingerprint density at radius 3 is 2.63 bits per heavy atom. The van der Waals surface area contributed by atoms with Crippen LogP contribution in [-0.4, -0.2) is 73.9 Å². The average molecular weight is 267 g/mol. The van der Waals surface area contributed by atoms with Gasteiger partial charge in [0.1, 0.15) is 0 Å². The van der Waals surface area contributed by atoms with Gasteiger partial charge in [0.2, 0.25) is 0 Å². The first kappa shape index (κ1) is 13.8. The molecule has 0 radical (unpaired) electrons. The van der Waals surface area contributed by atoms with Crippen molar-refractivity contribution in [1.29, 1.82) is 0 Å². The Hall–Kier alpha value is -0.160. The van der Waals surface area contributed by atoms with Gasteiger partial charge in [-0.1, -0.05) is 6.92 Å². The summed E-state index contributed by atoms with van der Waals surface area (Å²) in [5.41, 5.74) is 0. The van der Waals surface area contributed by atoms with E-state index in [0.717, 1.165) is 51.0 Å². The van der Waals surface area contributed by atoms with Crippen LogP contribution in [0.2, 0.25) is 0 Å². The third-order valence-electron chi connectivity index (χ3n) is 5.17. The Morgan fingerprint density at radius 2 is 1.84 bits per heavy atom. The van der Waals surface area contributed by atoms with Gasteiger partial charge >= 0.3 is 0 Å². The molecule has 4 nitrogen and oxygen atoms in total. The molecule has 0 aromatic carbocycles. The Kier molecular flexibility index (Phi) is 4.74. The van der Waals surface area contributed by atoms with Crippen LogP contribution in [-0.2, 0) is 4.74 Å². The number of hydrogen-bond acceptors (Lipinski definition) is 4. The molecule has 2 aliphatic heterocycles. The van der Waals surface area contributed by atoms with Crippen molar-refractivity contribution in [2.45, 2.75) is 50.7 Å². The molecule has 3 atom stereocenters. The quantitative estimate of drug-likeness (QED) is 0.820. The van der Waals surface area contributed by atoms with Crippen molar-refractivity contribution in [1.82, 2.24) is 15.1 Å². The highest BCUT2D eigenvalue weighted by Crippen LogP contribution is 2.28. The van der Waals surface area contributed by atoms with E-state index in [1.807, 2.05) is 0 Å². The van der Waals surface area contributed by atoms with E-state index in [-0.39, 0.29) is 0 Å². The third-order valence-corrected chi connectivity index (χ3v) is 5.17. The zero-order chi connectivity index (χ0) is 13.1. The lowest BCUT2D eigenvalue weighted by molar-refractivity contribution is 0.0176. The molecule has 4 heteroatoms. The fraction of sp³-hybridized carbons (Fsp3) is 1.00. The standard InChI is InChI=1S/C15H29N3O/c1-2-16-13-3-4-14(11-13)18-6-5-15(12-18)17-7-9-19-10-8-17/h13-16H,2-12H2,1H3. The van der Waals surface area contributed by atoms with Crippen LogP contribution >= 0.6 is 0 Å². The summed E-state index contributed by atoms with van der Waals surface area (Å²) in [5, 5.41) is 3.62. The lowest BCUT2D eigenvalue weighted by Gasteiger charge is -2.33. The molecule has 0 aromatic rings. The summed E-state index contributed by atoms with van der Waals surface area (Å²) >= 11 is 0. The lowest BCUT2D eigenvalue weighted by atomic mass is 10.2. The summed E-state index contributed by atoms with van der Waals surface area (Å²) < 4.78 is 5.46. The summed E-state index contributed by atoms with van der Waals surface area (Å²) in [4.78, 5) is 5.41. The fourth-order valence-electron chi connectivity index (χ4n) is 4.10. The average Bonchev–Trinajstić information content (AvgIpc) is 3.08. The number of ether oxygens (including phenoxy) is 1. The molecule has 2 heterocycles. The minimum Gasteiger partial charge on any atom is -0.379 e. The molecular formula is C15H29N3O. The summed E-state index contributed by atoms with van der Waals surface area (Å²) in [5.74, 6) is 0. The second-order valence-electron chi connectivity index (χ2n) is 6.31. The van der Waals surface area contributed by atoms with Gasteiger partial charge in [0.05, 0.1) is 13.2 Å². The molecule has 19 heavy (non-hydrogen) atoms. The molecule has 1 saturated carbocycles. The predicted molar refractivity (Wildman–Crippen MR) is 77.5 cm³/mol. The molecule has 1 aliphatic carbocycles. The molecule has 3 rings (SSSR count). The molecule has 3 unspecified atom stereocenters. The summed E-state index contributed by atoms with van der Waals surface area (Å²) in [6.45, 7) is 10.1. The van der Waals surface area contributed by atoms with Crippen LogP contribution in [0.15, 0.2) is 0 Å². The van der Waals surface area contributed by atoms with Crippen LogP contribution in [0.3, 0.4) is 0 Å². The van der Waals surface area contributed by atoms with Crippen LogP contribution in [0.4, 0.5) is 0 Å². The van der Waals surface area contributed by atoms with Crippen molar-refractivity contribution < 1.29 is 4.74 Å². The van der Waals surface area contributed by atoms with Gasteiger partial charge in [-0.25, -0.2) is 0 Å². The minimum atomic E-state index is 0.775. The maximum atomic E-state index is 5.46. The molecule has 0 bridgehead atoms. The zero-order valence-electron chi connectivity index (χ0n) is 12.3. The van der Waals surface area contributed by atoms with Gasteiger partial charge in [-0.15, -0.1) is 0 Å². The van der Waals surface area contributed by atoms with Crippen LogP contribution in [0.1, 0.15) is 32.6 Å². The molecule has 3 aliphatic rings. The number of nitrogens with one attached hydrogen (secondary N) is 1. The van der Waals surface area contributed by atoms with Gasteiger partial charge in [0.15, 0.2) is 0 Å². The maximum absolute atomic E-state index is 5.46. The zero-order valence-corrected chi connectivity index (χ0v) is 12.3. The first-order chi connectivity index (χ1) is 9.36. The molecule has 0 spiro atoms. The number of likely N-dealkylation sites (tertiary alicyclic amines) is 1. The highest BCUT2D eigenvalue weighted by Gasteiger charge is 2.35. The first-order valence-corrected chi connectivity index (χ1v) is 8.16. The lowest BCUT2D eigenvalue weighted by Crippen LogP contribution is -2.45. The van der Waals surface area contributed by atoms with Gasteiger partial charge in [0.25, 0.3) is 0 Å². The molecule has 110 valence electrons. The third kappa shape index (κ3) is 3.30. The van der Waals surface area contributed by atoms with E-state index < -0.39 is 0 Å². The van der Waals surface area contributed by atoms with Gasteiger partial charge in [-0.05, 0) is 32.2 Å². The van der Waals surface area contributed by atoms with Gasteiger partial charge in [-0.3, -0.25) is 9.80 Å². The second-order valence-corrected chi connectivity index (χ2v) is 6.31. The van der Waals surface area contributed by atoms with Crippen LogP contribution < -0.4 is 5.32 Å². The normalized spacial score (nSPS) is 38.1. The second kappa shape index (κ2) is 6.53. The van der Waals surface area contributed by atoms with Crippen molar-refractivity contribution in [2.24, 2.45) is 0 Å². The Balaban J connectivity index is 1.46. The van der Waals surface area contributed by atoms with E-state index in [1.54, 1.807) is 0 Å². The largest absolute Gasteiger partial charge is 0.379 e. The smallest absolute Gasteiger partial charge is 0.0594 e. The number of nitrogens with zero attached hydrogens (tertiary/aromatic N) is 2. The van der Waals surface area contributed by atoms with Crippen molar-refractivity contribution >= 4 is 0 Å². The minimum absolute atomic E-state index is 0.775. The van der Waals surface area contributed by atoms with Gasteiger partial charge < -0.3 is 10.1 Å². The van der Waals surface area contributed by atoms with Gasteiger partial charge in [-0.2, -0.15) is 0 Å². The van der Waals surface area contributed by atoms with Crippen LogP contribution in [0, 0.1) is 0 Å². The van der Waals surface area contributed by atoms with E-state index in [2.05, 4.69) is 22.0 Å². The molecule has 0 aromatic heterocycles. The highest BCUT2D eigenvalue weighted by molar-refractivity contribution is 4.92. The van der Waals surface area contributed by atoms with Crippen molar-refractivity contribution in [3.8, 4) is 0 Å². The Morgan fingerprint density at radius 1 is 1.00 bits per heavy atom. The first-order valence-electron chi connectivity index (χ1n) is 8.16. The van der Waals surface area contributed by atoms with Crippen LogP contribution in [0.5, 0.6) is 0 Å². The Labute approximate surface area is 117 Å². The Bertz CT molecular complexity index is 281. The highest BCUT2D eigenvalue weighted by atomic mass is 16.5. The predicted octanol–water partition coefficient (Wildman–Crippen LogP) is 0.924. The summed E-state index contributed by atoms with van der Waals surface area (Å²) in [6, 6.07) is 2.41. The molecular weight excluding hydrogens is 238 g/mol. The van der Waals surface area contributed by atoms with Gasteiger partial charge in [0, 0.05) is 44.3 Å². The van der Waals surface area contributed by atoms with E-state index in [0.29, 0.717) is 0 Å². The SMILES string of the molecule is CCNC1CCC(N2CCC(N3CCOCC3)C2)C1. The number of rotatable bonds is 4. The topological polar surface area (TPSA) is 27.7 Å². The number of morpholine rings is 1. The molecule has 2 saturated heterocycles. The van der Waals surface area contributed by atoms with E-state index in [9.17, 15) is 0 Å². The maximum Gasteiger partial charge on any atom is 0.0594 e. The monoisotopic (exact) mass is 267 g/mol. The van der Waals surface area contributed by atoms with E-state index >= 15 is 0 Å². The summed E-state index contributed by atoms with van der Waals surface area (Å²) in [6.07, 6.45) is 5.50. The van der Waals surface area contributed by atoms with Crippen molar-refractivity contribution in [3.05, 3.63) is 0 Å². The van der Waals surface area contributed by atoms with Crippen molar-refractivity contribution in [2.75, 3.05) is 45.9 Å². The summed E-state index contributed by atoms with van der Waals surface area (Å²) in [7, 11) is 0. The fourth-order valence-corrected chi connectivity index (χ4v) is 4.10. The van der Waals surface area contributed by atoms with E-state index in [4.69, 9.17) is 4.74 Å².